The number of methoxy groups -OCH3 is 1. The summed E-state index contributed by atoms with van der Waals surface area (Å²) in [5, 5.41) is 2.95. The zero-order valence-electron chi connectivity index (χ0n) is 19.1. The number of carbonyl (C=O) groups is 2. The van der Waals surface area contributed by atoms with E-state index < -0.39 is 0 Å². The molecule has 3 amide bonds. The zero-order chi connectivity index (χ0) is 23.5. The van der Waals surface area contributed by atoms with Gasteiger partial charge in [-0.05, 0) is 71.6 Å². The first kappa shape index (κ1) is 22.0. The summed E-state index contributed by atoms with van der Waals surface area (Å²) >= 11 is 0. The third-order valence-electron chi connectivity index (χ3n) is 6.32. The molecule has 7 nitrogen and oxygen atoms in total. The predicted octanol–water partition coefficient (Wildman–Crippen LogP) is 4.43. The summed E-state index contributed by atoms with van der Waals surface area (Å²) in [6.07, 6.45) is 0.798. The van der Waals surface area contributed by atoms with E-state index >= 15 is 0 Å². The van der Waals surface area contributed by atoms with Crippen LogP contribution in [0.1, 0.15) is 15.9 Å². The number of carbonyl (C=O) groups excluding carboxylic acids is 2. The molecule has 2 aliphatic rings. The second-order valence-corrected chi connectivity index (χ2v) is 8.39. The average molecular weight is 458 g/mol. The van der Waals surface area contributed by atoms with Crippen LogP contribution in [0, 0.1) is 0 Å². The lowest BCUT2D eigenvalue weighted by atomic mass is 10.0. The normalized spacial score (nSPS) is 15.1. The van der Waals surface area contributed by atoms with Crippen LogP contribution < -0.4 is 15.0 Å². The monoisotopic (exact) mass is 457 g/mol. The van der Waals surface area contributed by atoms with Gasteiger partial charge in [-0.15, -0.1) is 0 Å². The Morgan fingerprint density at radius 1 is 0.882 bits per heavy atom. The molecule has 0 radical (unpaired) electrons. The number of benzene rings is 3. The molecule has 1 fully saturated rings. The number of amides is 3. The number of hydrogen-bond donors (Lipinski definition) is 1. The molecule has 1 saturated heterocycles. The minimum atomic E-state index is -0.150. The molecule has 3 aromatic carbocycles. The number of nitrogens with one attached hydrogen (secondary N) is 1. The number of nitrogens with zero attached hydrogens (tertiary/aromatic N) is 2. The molecule has 0 atom stereocenters. The van der Waals surface area contributed by atoms with Crippen LogP contribution in [0.25, 0.3) is 11.1 Å². The van der Waals surface area contributed by atoms with Gasteiger partial charge in [0.1, 0.15) is 5.75 Å². The van der Waals surface area contributed by atoms with Gasteiger partial charge in [0.15, 0.2) is 0 Å². The highest BCUT2D eigenvalue weighted by Gasteiger charge is 2.25. The van der Waals surface area contributed by atoms with Crippen molar-refractivity contribution in [2.75, 3.05) is 50.2 Å². The van der Waals surface area contributed by atoms with Crippen LogP contribution in [0.3, 0.4) is 0 Å². The summed E-state index contributed by atoms with van der Waals surface area (Å²) < 4.78 is 10.5. The first-order valence-corrected chi connectivity index (χ1v) is 11.5. The summed E-state index contributed by atoms with van der Waals surface area (Å²) in [6, 6.07) is 21.0. The maximum atomic E-state index is 12.9. The maximum Gasteiger partial charge on any atom is 0.326 e. The van der Waals surface area contributed by atoms with E-state index in [-0.39, 0.29) is 11.9 Å². The van der Waals surface area contributed by atoms with Crippen LogP contribution >= 0.6 is 0 Å². The summed E-state index contributed by atoms with van der Waals surface area (Å²) in [7, 11) is 1.61. The van der Waals surface area contributed by atoms with E-state index in [0.717, 1.165) is 40.2 Å². The van der Waals surface area contributed by atoms with Crippen LogP contribution in [0.2, 0.25) is 0 Å². The Hall–Kier alpha value is -3.84. The van der Waals surface area contributed by atoms with Crippen molar-refractivity contribution >= 4 is 23.3 Å². The van der Waals surface area contributed by atoms with Gasteiger partial charge in [-0.2, -0.15) is 0 Å². The molecule has 5 rings (SSSR count). The number of ether oxygens (including phenoxy) is 2. The van der Waals surface area contributed by atoms with E-state index in [1.807, 2.05) is 65.6 Å². The van der Waals surface area contributed by atoms with E-state index in [1.54, 1.807) is 12.0 Å². The van der Waals surface area contributed by atoms with Gasteiger partial charge in [-0.3, -0.25) is 9.69 Å². The van der Waals surface area contributed by atoms with Gasteiger partial charge in [0.05, 0.1) is 20.3 Å². The molecule has 0 spiro atoms. The minimum Gasteiger partial charge on any atom is -0.497 e. The molecular weight excluding hydrogens is 430 g/mol. The van der Waals surface area contributed by atoms with Gasteiger partial charge in [0.2, 0.25) is 0 Å². The first-order chi connectivity index (χ1) is 16.6. The van der Waals surface area contributed by atoms with Crippen LogP contribution in [-0.4, -0.2) is 56.8 Å². The fourth-order valence-electron chi connectivity index (χ4n) is 4.41. The van der Waals surface area contributed by atoms with Crippen molar-refractivity contribution in [3.8, 4) is 16.9 Å². The average Bonchev–Trinajstić information content (AvgIpc) is 3.33. The number of morpholine rings is 1. The van der Waals surface area contributed by atoms with Crippen molar-refractivity contribution in [3.63, 3.8) is 0 Å². The van der Waals surface area contributed by atoms with E-state index in [4.69, 9.17) is 9.47 Å². The van der Waals surface area contributed by atoms with E-state index in [2.05, 4.69) is 11.4 Å². The maximum absolute atomic E-state index is 12.9. The first-order valence-electron chi connectivity index (χ1n) is 11.5. The highest BCUT2D eigenvalue weighted by molar-refractivity contribution is 6.03. The van der Waals surface area contributed by atoms with Crippen molar-refractivity contribution in [1.29, 1.82) is 0 Å². The standard InChI is InChI=1S/C27H27N3O4/c1-33-24-9-7-23(8-10-24)28-27(32)30-13-12-22-18-21(6-11-25(22)30)19-2-4-20(5-3-19)26(31)29-14-16-34-17-15-29/h2-11,18H,12-17H2,1H3,(H,28,32). The van der Waals surface area contributed by atoms with E-state index in [1.165, 1.54) is 0 Å². The van der Waals surface area contributed by atoms with E-state index in [9.17, 15) is 9.59 Å². The Labute approximate surface area is 198 Å². The highest BCUT2D eigenvalue weighted by atomic mass is 16.5. The number of urea groups is 1. The van der Waals surface area contributed by atoms with Gasteiger partial charge in [0.25, 0.3) is 5.91 Å². The Kier molecular flexibility index (Phi) is 6.18. The molecule has 0 aliphatic carbocycles. The third kappa shape index (κ3) is 4.47. The molecule has 0 bridgehead atoms. The molecule has 2 aliphatic heterocycles. The van der Waals surface area contributed by atoms with Gasteiger partial charge >= 0.3 is 6.03 Å². The molecule has 34 heavy (non-hydrogen) atoms. The van der Waals surface area contributed by atoms with Crippen molar-refractivity contribution in [2.45, 2.75) is 6.42 Å². The smallest absolute Gasteiger partial charge is 0.326 e. The Morgan fingerprint density at radius 3 is 2.29 bits per heavy atom. The molecule has 3 aromatic rings. The lowest BCUT2D eigenvalue weighted by Gasteiger charge is -2.26. The molecule has 7 heteroatoms. The molecule has 0 aromatic heterocycles. The summed E-state index contributed by atoms with van der Waals surface area (Å²) in [6.45, 7) is 3.08. The minimum absolute atomic E-state index is 0.0438. The van der Waals surface area contributed by atoms with Gasteiger partial charge in [-0.1, -0.05) is 18.2 Å². The number of anilines is 2. The second-order valence-electron chi connectivity index (χ2n) is 8.39. The van der Waals surface area contributed by atoms with Gasteiger partial charge in [-0.25, -0.2) is 4.79 Å². The summed E-state index contributed by atoms with van der Waals surface area (Å²) in [4.78, 5) is 29.1. The molecule has 174 valence electrons. The van der Waals surface area contributed by atoms with Crippen molar-refractivity contribution in [3.05, 3.63) is 77.9 Å². The third-order valence-corrected chi connectivity index (χ3v) is 6.32. The Morgan fingerprint density at radius 2 is 1.59 bits per heavy atom. The Balaban J connectivity index is 1.28. The quantitative estimate of drug-likeness (QED) is 0.629. The molecule has 0 unspecified atom stereocenters. The fraction of sp³-hybridized carbons (Fsp3) is 0.259. The number of fused-ring (bicyclic) bond motifs is 1. The van der Waals surface area contributed by atoms with Crippen LogP contribution in [0.4, 0.5) is 16.2 Å². The second kappa shape index (κ2) is 9.57. The van der Waals surface area contributed by atoms with Gasteiger partial charge < -0.3 is 19.7 Å². The topological polar surface area (TPSA) is 71.1 Å². The highest BCUT2D eigenvalue weighted by Crippen LogP contribution is 2.33. The molecule has 0 saturated carbocycles. The lowest BCUT2D eigenvalue weighted by molar-refractivity contribution is 0.0303. The summed E-state index contributed by atoms with van der Waals surface area (Å²) in [5.41, 5.74) is 5.59. The van der Waals surface area contributed by atoms with Crippen LogP contribution in [0.15, 0.2) is 66.7 Å². The number of hydrogen-bond acceptors (Lipinski definition) is 4. The van der Waals surface area contributed by atoms with Crippen LogP contribution in [0.5, 0.6) is 5.75 Å². The van der Waals surface area contributed by atoms with Crippen LogP contribution in [-0.2, 0) is 11.2 Å². The largest absolute Gasteiger partial charge is 0.497 e. The zero-order valence-corrected chi connectivity index (χ0v) is 19.1. The predicted molar refractivity (Wildman–Crippen MR) is 132 cm³/mol. The Bertz CT molecular complexity index is 1190. The molecular formula is C27H27N3O4. The van der Waals surface area contributed by atoms with Gasteiger partial charge in [0, 0.05) is 36.6 Å². The van der Waals surface area contributed by atoms with Crippen molar-refractivity contribution < 1.29 is 19.1 Å². The molecule has 2 heterocycles. The molecule has 1 N–H and O–H groups in total. The van der Waals surface area contributed by atoms with E-state index in [0.29, 0.717) is 38.4 Å². The van der Waals surface area contributed by atoms with Crippen molar-refractivity contribution in [1.82, 2.24) is 4.90 Å². The summed E-state index contributed by atoms with van der Waals surface area (Å²) in [5.74, 6) is 0.790. The fourth-order valence-corrected chi connectivity index (χ4v) is 4.41. The SMILES string of the molecule is COc1ccc(NC(=O)N2CCc3cc(-c4ccc(C(=O)N5CCOCC5)cc4)ccc32)cc1. The number of rotatable bonds is 4. The van der Waals surface area contributed by atoms with Crippen molar-refractivity contribution in [2.24, 2.45) is 0 Å². The lowest BCUT2D eigenvalue weighted by Crippen LogP contribution is -2.40.